The number of nitrogens with zero attached hydrogens (tertiary/aromatic N) is 1. The summed E-state index contributed by atoms with van der Waals surface area (Å²) < 4.78 is 0. The van der Waals surface area contributed by atoms with Crippen molar-refractivity contribution < 1.29 is 9.59 Å². The normalized spacial score (nSPS) is 29.4. The van der Waals surface area contributed by atoms with Crippen LogP contribution in [-0.2, 0) is 9.59 Å². The Labute approximate surface area is 122 Å². The molecular formula is C16H28N2O2. The van der Waals surface area contributed by atoms with Gasteiger partial charge in [-0.15, -0.1) is 0 Å². The fourth-order valence-corrected chi connectivity index (χ4v) is 3.49. The van der Waals surface area contributed by atoms with Crippen molar-refractivity contribution in [1.82, 2.24) is 10.2 Å². The van der Waals surface area contributed by atoms with E-state index in [2.05, 4.69) is 33.0 Å². The first-order valence-electron chi connectivity index (χ1n) is 7.67. The van der Waals surface area contributed by atoms with Crippen LogP contribution in [-0.4, -0.2) is 35.8 Å². The third-order valence-electron chi connectivity index (χ3n) is 5.89. The molecule has 20 heavy (non-hydrogen) atoms. The molecule has 1 saturated heterocycles. The molecule has 0 aromatic heterocycles. The Balaban J connectivity index is 2.11. The van der Waals surface area contributed by atoms with Gasteiger partial charge in [0.1, 0.15) is 6.04 Å². The van der Waals surface area contributed by atoms with Gasteiger partial charge in [0.05, 0.1) is 0 Å². The summed E-state index contributed by atoms with van der Waals surface area (Å²) in [6.45, 7) is 14.4. The molecule has 2 rings (SSSR count). The first kappa shape index (κ1) is 15.3. The molecule has 0 aromatic rings. The molecule has 2 aliphatic rings. The van der Waals surface area contributed by atoms with Gasteiger partial charge in [0, 0.05) is 19.5 Å². The van der Waals surface area contributed by atoms with Crippen molar-refractivity contribution in [1.29, 1.82) is 0 Å². The average molecular weight is 280 g/mol. The Morgan fingerprint density at radius 1 is 1.20 bits per heavy atom. The Bertz CT molecular complexity index is 412. The van der Waals surface area contributed by atoms with Crippen molar-refractivity contribution in [3.8, 4) is 0 Å². The molecule has 1 unspecified atom stereocenters. The summed E-state index contributed by atoms with van der Waals surface area (Å²) in [5, 5.41) is 2.86. The Morgan fingerprint density at radius 2 is 1.75 bits per heavy atom. The van der Waals surface area contributed by atoms with Gasteiger partial charge in [0.25, 0.3) is 0 Å². The number of nitrogens with one attached hydrogen (secondary N) is 1. The van der Waals surface area contributed by atoms with Crippen LogP contribution in [0.2, 0.25) is 0 Å². The molecule has 114 valence electrons. The van der Waals surface area contributed by atoms with Crippen LogP contribution in [0.15, 0.2) is 0 Å². The lowest BCUT2D eigenvalue weighted by Gasteiger charge is -2.26. The molecule has 2 amide bonds. The van der Waals surface area contributed by atoms with E-state index in [0.717, 1.165) is 6.54 Å². The van der Waals surface area contributed by atoms with Crippen LogP contribution < -0.4 is 5.32 Å². The quantitative estimate of drug-likeness (QED) is 0.860. The zero-order chi connectivity index (χ0) is 15.3. The number of amides is 2. The van der Waals surface area contributed by atoms with Crippen molar-refractivity contribution in [3.05, 3.63) is 0 Å². The van der Waals surface area contributed by atoms with Crippen LogP contribution in [0.25, 0.3) is 0 Å². The minimum absolute atomic E-state index is 0.00568. The molecule has 4 heteroatoms. The maximum atomic E-state index is 12.6. The molecule has 0 aromatic carbocycles. The Kier molecular flexibility index (Phi) is 3.64. The highest BCUT2D eigenvalue weighted by Gasteiger charge is 2.64. The topological polar surface area (TPSA) is 49.4 Å². The van der Waals surface area contributed by atoms with Crippen LogP contribution in [0.3, 0.4) is 0 Å². The first-order valence-corrected chi connectivity index (χ1v) is 7.67. The van der Waals surface area contributed by atoms with Crippen LogP contribution >= 0.6 is 0 Å². The van der Waals surface area contributed by atoms with Gasteiger partial charge in [-0.05, 0) is 22.7 Å². The van der Waals surface area contributed by atoms with Crippen molar-refractivity contribution in [2.45, 2.75) is 54.0 Å². The van der Waals surface area contributed by atoms with Gasteiger partial charge in [-0.25, -0.2) is 0 Å². The second kappa shape index (κ2) is 4.74. The van der Waals surface area contributed by atoms with E-state index in [1.54, 1.807) is 0 Å². The van der Waals surface area contributed by atoms with E-state index in [9.17, 15) is 9.59 Å². The minimum Gasteiger partial charge on any atom is -0.344 e. The standard InChI is InChI=1S/C16H28N2O2/c1-10(2)13-14(20)18(8-7-12(19)17-13)9-11-15(3,4)16(11,5)6/h10-11,13H,7-9H2,1-6H3,(H,17,19). The second-order valence-electron chi connectivity index (χ2n) is 7.82. The van der Waals surface area contributed by atoms with Gasteiger partial charge in [-0.3, -0.25) is 9.59 Å². The molecule has 1 aliphatic carbocycles. The number of carbonyl (C=O) groups is 2. The highest BCUT2D eigenvalue weighted by molar-refractivity contribution is 5.90. The maximum absolute atomic E-state index is 12.6. The van der Waals surface area contributed by atoms with Gasteiger partial charge in [0.2, 0.25) is 11.8 Å². The molecule has 1 heterocycles. The van der Waals surface area contributed by atoms with Crippen LogP contribution in [0.1, 0.15) is 48.0 Å². The molecule has 1 atom stereocenters. The number of hydrogen-bond acceptors (Lipinski definition) is 2. The number of hydrogen-bond donors (Lipinski definition) is 1. The second-order valence-corrected chi connectivity index (χ2v) is 7.82. The van der Waals surface area contributed by atoms with Gasteiger partial charge in [-0.1, -0.05) is 41.5 Å². The lowest BCUT2D eigenvalue weighted by Crippen LogP contribution is -2.48. The smallest absolute Gasteiger partial charge is 0.245 e. The fourth-order valence-electron chi connectivity index (χ4n) is 3.49. The van der Waals surface area contributed by atoms with E-state index in [4.69, 9.17) is 0 Å². The van der Waals surface area contributed by atoms with E-state index in [1.165, 1.54) is 0 Å². The highest BCUT2D eigenvalue weighted by atomic mass is 16.2. The predicted octanol–water partition coefficient (Wildman–Crippen LogP) is 2.04. The van der Waals surface area contributed by atoms with Crippen molar-refractivity contribution in [2.75, 3.05) is 13.1 Å². The lowest BCUT2D eigenvalue weighted by atomic mass is 10.0. The summed E-state index contributed by atoms with van der Waals surface area (Å²) in [7, 11) is 0. The third-order valence-corrected chi connectivity index (χ3v) is 5.89. The van der Waals surface area contributed by atoms with Crippen molar-refractivity contribution in [3.63, 3.8) is 0 Å². The van der Waals surface area contributed by atoms with E-state index in [-0.39, 0.29) is 34.6 Å². The molecular weight excluding hydrogens is 252 g/mol. The van der Waals surface area contributed by atoms with E-state index < -0.39 is 0 Å². The first-order chi connectivity index (χ1) is 9.09. The molecule has 0 radical (unpaired) electrons. The monoisotopic (exact) mass is 280 g/mol. The van der Waals surface area contributed by atoms with Crippen molar-refractivity contribution in [2.24, 2.45) is 22.7 Å². The summed E-state index contributed by atoms with van der Waals surface area (Å²) in [5.74, 6) is 0.727. The van der Waals surface area contributed by atoms with Gasteiger partial charge in [0.15, 0.2) is 0 Å². The molecule has 0 spiro atoms. The van der Waals surface area contributed by atoms with Gasteiger partial charge >= 0.3 is 0 Å². The predicted molar refractivity (Wildman–Crippen MR) is 79.0 cm³/mol. The van der Waals surface area contributed by atoms with E-state index >= 15 is 0 Å². The van der Waals surface area contributed by atoms with E-state index in [1.807, 2.05) is 18.7 Å². The van der Waals surface area contributed by atoms with Crippen LogP contribution in [0, 0.1) is 22.7 Å². The summed E-state index contributed by atoms with van der Waals surface area (Å²) in [4.78, 5) is 26.3. The summed E-state index contributed by atoms with van der Waals surface area (Å²) in [6, 6.07) is -0.366. The molecule has 4 nitrogen and oxygen atoms in total. The minimum atomic E-state index is -0.366. The molecule has 2 fully saturated rings. The van der Waals surface area contributed by atoms with Crippen LogP contribution in [0.5, 0.6) is 0 Å². The maximum Gasteiger partial charge on any atom is 0.245 e. The third kappa shape index (κ3) is 2.33. The summed E-state index contributed by atoms with van der Waals surface area (Å²) >= 11 is 0. The SMILES string of the molecule is CC(C)C1NC(=O)CCN(CC2C(C)(C)C2(C)C)C1=O. The van der Waals surface area contributed by atoms with Gasteiger partial charge in [-0.2, -0.15) is 0 Å². The highest BCUT2D eigenvalue weighted by Crippen LogP contribution is 2.68. The van der Waals surface area contributed by atoms with Crippen molar-refractivity contribution >= 4 is 11.8 Å². The molecule has 1 N–H and O–H groups in total. The Hall–Kier alpha value is -1.06. The van der Waals surface area contributed by atoms with Crippen LogP contribution in [0.4, 0.5) is 0 Å². The molecule has 0 bridgehead atoms. The number of carbonyl (C=O) groups excluding carboxylic acids is 2. The van der Waals surface area contributed by atoms with Gasteiger partial charge < -0.3 is 10.2 Å². The number of rotatable bonds is 3. The fraction of sp³-hybridized carbons (Fsp3) is 0.875. The lowest BCUT2D eigenvalue weighted by molar-refractivity contribution is -0.135. The largest absolute Gasteiger partial charge is 0.344 e. The molecule has 1 saturated carbocycles. The zero-order valence-electron chi connectivity index (χ0n) is 13.6. The summed E-state index contributed by atoms with van der Waals surface area (Å²) in [5.41, 5.74) is 0.536. The van der Waals surface area contributed by atoms with E-state index in [0.29, 0.717) is 18.9 Å². The molecule has 1 aliphatic heterocycles. The average Bonchev–Trinajstić information content (AvgIpc) is 2.77. The Morgan fingerprint density at radius 3 is 2.20 bits per heavy atom. The summed E-state index contributed by atoms with van der Waals surface area (Å²) in [6.07, 6.45) is 0.419. The zero-order valence-corrected chi connectivity index (χ0v) is 13.6.